The van der Waals surface area contributed by atoms with Crippen molar-refractivity contribution in [2.24, 2.45) is 5.92 Å². The zero-order valence-corrected chi connectivity index (χ0v) is 13.2. The lowest BCUT2D eigenvalue weighted by Crippen LogP contribution is -2.30. The van der Waals surface area contributed by atoms with Crippen LogP contribution in [0, 0.1) is 17.2 Å². The first-order valence-corrected chi connectivity index (χ1v) is 7.01. The van der Waals surface area contributed by atoms with Gasteiger partial charge in [0, 0.05) is 11.6 Å². The number of nitriles is 1. The van der Waals surface area contributed by atoms with Gasteiger partial charge in [-0.05, 0) is 26.0 Å². The van der Waals surface area contributed by atoms with Gasteiger partial charge in [-0.15, -0.1) is 0 Å². The molecule has 0 aliphatic carbocycles. The fraction of sp³-hybridized carbons (Fsp3) is 0.438. The third-order valence-electron chi connectivity index (χ3n) is 2.66. The van der Waals surface area contributed by atoms with Gasteiger partial charge in [0.2, 0.25) is 0 Å². The van der Waals surface area contributed by atoms with E-state index >= 15 is 0 Å². The first kappa shape index (κ1) is 17.5. The summed E-state index contributed by atoms with van der Waals surface area (Å²) >= 11 is 0. The molecule has 1 N–H and O–H groups in total. The fourth-order valence-electron chi connectivity index (χ4n) is 1.50. The van der Waals surface area contributed by atoms with Crippen LogP contribution in [0.5, 0.6) is 5.75 Å². The molecule has 0 unspecified atom stereocenters. The molecule has 1 amide bonds. The standard InChI is InChI=1S/C16H20N2O4/c1-10(2)15(19)22-14-6-5-12(13(7-14)8-17)9-21-16(20)18-11(3)4/h5-7,10-11H,9H2,1-4H3,(H,18,20). The number of esters is 1. The van der Waals surface area contributed by atoms with Gasteiger partial charge in [-0.25, -0.2) is 4.79 Å². The Labute approximate surface area is 130 Å². The average Bonchev–Trinajstić information content (AvgIpc) is 2.44. The van der Waals surface area contributed by atoms with Crippen molar-refractivity contribution in [1.29, 1.82) is 5.26 Å². The Balaban J connectivity index is 2.75. The number of ether oxygens (including phenoxy) is 2. The van der Waals surface area contributed by atoms with Crippen LogP contribution in [0.15, 0.2) is 18.2 Å². The Morgan fingerprint density at radius 3 is 2.50 bits per heavy atom. The number of rotatable bonds is 5. The molecule has 1 aromatic rings. The number of benzene rings is 1. The molecule has 6 heteroatoms. The largest absolute Gasteiger partial charge is 0.445 e. The Hall–Kier alpha value is -2.55. The third kappa shape index (κ3) is 5.44. The van der Waals surface area contributed by atoms with Crippen molar-refractivity contribution in [2.45, 2.75) is 40.3 Å². The Kier molecular flexibility index (Phi) is 6.39. The summed E-state index contributed by atoms with van der Waals surface area (Å²) in [6.07, 6.45) is -0.547. The molecule has 0 aromatic heterocycles. The SMILES string of the molecule is CC(C)NC(=O)OCc1ccc(OC(=O)C(C)C)cc1C#N. The summed E-state index contributed by atoms with van der Waals surface area (Å²) in [6, 6.07) is 6.60. The number of carbonyl (C=O) groups excluding carboxylic acids is 2. The number of carbonyl (C=O) groups is 2. The maximum Gasteiger partial charge on any atom is 0.407 e. The predicted octanol–water partition coefficient (Wildman–Crippen LogP) is 2.75. The number of hydrogen-bond donors (Lipinski definition) is 1. The molecule has 0 heterocycles. The van der Waals surface area contributed by atoms with E-state index in [-0.39, 0.29) is 24.5 Å². The van der Waals surface area contributed by atoms with Crippen molar-refractivity contribution in [3.8, 4) is 11.8 Å². The van der Waals surface area contributed by atoms with E-state index < -0.39 is 6.09 Å². The van der Waals surface area contributed by atoms with Crippen molar-refractivity contribution in [3.05, 3.63) is 29.3 Å². The highest BCUT2D eigenvalue weighted by atomic mass is 16.5. The van der Waals surface area contributed by atoms with E-state index in [0.29, 0.717) is 16.9 Å². The van der Waals surface area contributed by atoms with Gasteiger partial charge in [-0.2, -0.15) is 5.26 Å². The second-order valence-corrected chi connectivity index (χ2v) is 5.38. The lowest BCUT2D eigenvalue weighted by Gasteiger charge is -2.11. The molecule has 6 nitrogen and oxygen atoms in total. The van der Waals surface area contributed by atoms with Gasteiger partial charge < -0.3 is 14.8 Å². The van der Waals surface area contributed by atoms with Crippen LogP contribution >= 0.6 is 0 Å². The van der Waals surface area contributed by atoms with Crippen LogP contribution in [0.1, 0.15) is 38.8 Å². The quantitative estimate of drug-likeness (QED) is 0.667. The molecule has 1 aromatic carbocycles. The summed E-state index contributed by atoms with van der Waals surface area (Å²) in [5, 5.41) is 11.7. The minimum atomic E-state index is -0.547. The first-order valence-electron chi connectivity index (χ1n) is 7.01. The molecule has 22 heavy (non-hydrogen) atoms. The molecule has 1 rings (SSSR count). The number of nitrogens with zero attached hydrogens (tertiary/aromatic N) is 1. The topological polar surface area (TPSA) is 88.4 Å². The average molecular weight is 304 g/mol. The van der Waals surface area contributed by atoms with E-state index in [4.69, 9.17) is 14.7 Å². The maximum absolute atomic E-state index is 11.5. The highest BCUT2D eigenvalue weighted by Crippen LogP contribution is 2.19. The van der Waals surface area contributed by atoms with Gasteiger partial charge in [0.25, 0.3) is 0 Å². The molecule has 0 fully saturated rings. The molecule has 0 aliphatic rings. The lowest BCUT2D eigenvalue weighted by atomic mass is 10.1. The van der Waals surface area contributed by atoms with Crippen LogP contribution in [-0.2, 0) is 16.1 Å². The van der Waals surface area contributed by atoms with Crippen LogP contribution in [0.2, 0.25) is 0 Å². The van der Waals surface area contributed by atoms with E-state index in [1.54, 1.807) is 26.0 Å². The Morgan fingerprint density at radius 2 is 1.95 bits per heavy atom. The van der Waals surface area contributed by atoms with Crippen LogP contribution in [0.3, 0.4) is 0 Å². The second-order valence-electron chi connectivity index (χ2n) is 5.38. The zero-order chi connectivity index (χ0) is 16.7. The van der Waals surface area contributed by atoms with E-state index in [2.05, 4.69) is 5.32 Å². The third-order valence-corrected chi connectivity index (χ3v) is 2.66. The molecule has 118 valence electrons. The number of amides is 1. The Morgan fingerprint density at radius 1 is 1.27 bits per heavy atom. The van der Waals surface area contributed by atoms with Gasteiger partial charge >= 0.3 is 12.1 Å². The molecule has 0 bridgehead atoms. The molecule has 0 atom stereocenters. The molecule has 0 aliphatic heterocycles. The Bertz CT molecular complexity index is 588. The normalized spacial score (nSPS) is 10.2. The molecular weight excluding hydrogens is 284 g/mol. The molecular formula is C16H20N2O4. The van der Waals surface area contributed by atoms with Crippen LogP contribution in [0.25, 0.3) is 0 Å². The van der Waals surface area contributed by atoms with Crippen molar-refractivity contribution in [1.82, 2.24) is 5.32 Å². The zero-order valence-electron chi connectivity index (χ0n) is 13.2. The molecule has 0 spiro atoms. The minimum Gasteiger partial charge on any atom is -0.445 e. The minimum absolute atomic E-state index is 0.0271. The summed E-state index contributed by atoms with van der Waals surface area (Å²) in [7, 11) is 0. The fourth-order valence-corrected chi connectivity index (χ4v) is 1.50. The second kappa shape index (κ2) is 8.03. The summed E-state index contributed by atoms with van der Waals surface area (Å²) < 4.78 is 10.2. The smallest absolute Gasteiger partial charge is 0.407 e. The highest BCUT2D eigenvalue weighted by Gasteiger charge is 2.12. The van der Waals surface area contributed by atoms with Crippen molar-refractivity contribution in [3.63, 3.8) is 0 Å². The molecule has 0 saturated heterocycles. The summed E-state index contributed by atoms with van der Waals surface area (Å²) in [5.74, 6) is -0.330. The maximum atomic E-state index is 11.5. The number of hydrogen-bond acceptors (Lipinski definition) is 5. The monoisotopic (exact) mass is 304 g/mol. The number of nitrogens with one attached hydrogen (secondary N) is 1. The van der Waals surface area contributed by atoms with Gasteiger partial charge in [0.05, 0.1) is 17.6 Å². The lowest BCUT2D eigenvalue weighted by molar-refractivity contribution is -0.137. The first-order chi connectivity index (χ1) is 10.3. The van der Waals surface area contributed by atoms with Crippen molar-refractivity contribution < 1.29 is 19.1 Å². The van der Waals surface area contributed by atoms with E-state index in [0.717, 1.165) is 0 Å². The van der Waals surface area contributed by atoms with Gasteiger partial charge in [-0.3, -0.25) is 4.79 Å². The van der Waals surface area contributed by atoms with E-state index in [9.17, 15) is 9.59 Å². The summed E-state index contributed by atoms with van der Waals surface area (Å²) in [4.78, 5) is 23.0. The predicted molar refractivity (Wildman–Crippen MR) is 80.1 cm³/mol. The van der Waals surface area contributed by atoms with Crippen LogP contribution < -0.4 is 10.1 Å². The van der Waals surface area contributed by atoms with Crippen molar-refractivity contribution in [2.75, 3.05) is 0 Å². The van der Waals surface area contributed by atoms with E-state index in [1.165, 1.54) is 6.07 Å². The van der Waals surface area contributed by atoms with Crippen molar-refractivity contribution >= 4 is 12.1 Å². The van der Waals surface area contributed by atoms with Crippen LogP contribution in [-0.4, -0.2) is 18.1 Å². The van der Waals surface area contributed by atoms with E-state index in [1.807, 2.05) is 19.9 Å². The molecule has 0 saturated carbocycles. The van der Waals surface area contributed by atoms with Crippen LogP contribution in [0.4, 0.5) is 4.79 Å². The van der Waals surface area contributed by atoms with Gasteiger partial charge in [0.1, 0.15) is 12.4 Å². The number of alkyl carbamates (subject to hydrolysis) is 1. The van der Waals surface area contributed by atoms with Gasteiger partial charge in [0.15, 0.2) is 0 Å². The highest BCUT2D eigenvalue weighted by molar-refractivity contribution is 5.74. The summed E-state index contributed by atoms with van der Waals surface area (Å²) in [6.45, 7) is 7.06. The summed E-state index contributed by atoms with van der Waals surface area (Å²) in [5.41, 5.74) is 0.845. The molecule has 0 radical (unpaired) electrons. The van der Waals surface area contributed by atoms with Gasteiger partial charge in [-0.1, -0.05) is 19.9 Å².